The molecule has 2 aromatic rings. The van der Waals surface area contributed by atoms with Gasteiger partial charge in [0.05, 0.1) is 23.5 Å². The van der Waals surface area contributed by atoms with Gasteiger partial charge in [-0.3, -0.25) is 4.79 Å². The zero-order valence-electron chi connectivity index (χ0n) is 18.0. The number of halogens is 1. The van der Waals surface area contributed by atoms with Crippen LogP contribution in [0.2, 0.25) is 0 Å². The molecule has 1 atom stereocenters. The highest BCUT2D eigenvalue weighted by molar-refractivity contribution is 14.1. The van der Waals surface area contributed by atoms with E-state index in [9.17, 15) is 14.4 Å². The predicted octanol–water partition coefficient (Wildman–Crippen LogP) is 2.57. The van der Waals surface area contributed by atoms with E-state index in [-0.39, 0.29) is 13.0 Å². The number of amides is 2. The van der Waals surface area contributed by atoms with Gasteiger partial charge in [-0.2, -0.15) is 5.10 Å². The Morgan fingerprint density at radius 1 is 1.21 bits per heavy atom. The molecule has 0 bridgehead atoms. The molecule has 33 heavy (non-hydrogen) atoms. The van der Waals surface area contributed by atoms with Crippen LogP contribution < -0.4 is 20.2 Å². The number of rotatable bonds is 11. The lowest BCUT2D eigenvalue weighted by Crippen LogP contribution is -2.47. The monoisotopic (exact) mass is 569 g/mol. The highest BCUT2D eigenvalue weighted by Crippen LogP contribution is 2.33. The summed E-state index contributed by atoms with van der Waals surface area (Å²) in [6.45, 7) is 1.34. The van der Waals surface area contributed by atoms with Crippen molar-refractivity contribution in [2.24, 2.45) is 5.10 Å². The topological polar surface area (TPSA) is 136 Å². The van der Waals surface area contributed by atoms with Gasteiger partial charge in [0.15, 0.2) is 18.1 Å². The third kappa shape index (κ3) is 8.60. The number of nitrogens with one attached hydrogen (secondary N) is 2. The summed E-state index contributed by atoms with van der Waals surface area (Å²) in [5.74, 6) is -1.01. The van der Waals surface area contributed by atoms with E-state index in [0.717, 1.165) is 5.56 Å². The van der Waals surface area contributed by atoms with Gasteiger partial charge in [-0.15, -0.1) is 0 Å². The van der Waals surface area contributed by atoms with E-state index in [2.05, 4.69) is 15.8 Å². The lowest BCUT2D eigenvalue weighted by molar-refractivity contribution is -0.139. The Morgan fingerprint density at radius 3 is 2.58 bits per heavy atom. The van der Waals surface area contributed by atoms with Crippen LogP contribution in [0.5, 0.6) is 11.5 Å². The van der Waals surface area contributed by atoms with Gasteiger partial charge in [-0.05, 0) is 52.8 Å². The van der Waals surface area contributed by atoms with Crippen molar-refractivity contribution >= 4 is 46.8 Å². The number of hydrogen-bond acceptors (Lipinski definition) is 7. The van der Waals surface area contributed by atoms with Crippen LogP contribution in [0.25, 0.3) is 0 Å². The molecule has 2 amide bonds. The van der Waals surface area contributed by atoms with Crippen molar-refractivity contribution in [1.29, 1.82) is 0 Å². The van der Waals surface area contributed by atoms with Crippen LogP contribution in [-0.4, -0.2) is 55.7 Å². The molecule has 0 unspecified atom stereocenters. The molecule has 0 aliphatic heterocycles. The van der Waals surface area contributed by atoms with Crippen LogP contribution in [0, 0.1) is 3.57 Å². The lowest BCUT2D eigenvalue weighted by Gasteiger charge is -2.17. The van der Waals surface area contributed by atoms with Crippen molar-refractivity contribution in [2.45, 2.75) is 19.4 Å². The second kappa shape index (κ2) is 13.3. The maximum atomic E-state index is 12.7. The Hall–Kier alpha value is -3.35. The number of hydrogen-bond donors (Lipinski definition) is 3. The van der Waals surface area contributed by atoms with Crippen molar-refractivity contribution in [3.8, 4) is 11.5 Å². The van der Waals surface area contributed by atoms with E-state index in [1.54, 1.807) is 19.1 Å². The summed E-state index contributed by atoms with van der Waals surface area (Å²) in [5.41, 5.74) is 3.86. The minimum atomic E-state index is -1.11. The van der Waals surface area contributed by atoms with Gasteiger partial charge >= 0.3 is 12.1 Å². The van der Waals surface area contributed by atoms with E-state index < -0.39 is 30.6 Å². The lowest BCUT2D eigenvalue weighted by atomic mass is 10.1. The highest BCUT2D eigenvalue weighted by Gasteiger charge is 2.21. The fourth-order valence-electron chi connectivity index (χ4n) is 2.71. The molecule has 10 nitrogen and oxygen atoms in total. The molecule has 0 saturated carbocycles. The molecule has 0 heterocycles. The molecule has 0 fully saturated rings. The van der Waals surface area contributed by atoms with Crippen LogP contribution in [0.3, 0.4) is 0 Å². The van der Waals surface area contributed by atoms with E-state index >= 15 is 0 Å². The van der Waals surface area contributed by atoms with E-state index in [1.165, 1.54) is 13.3 Å². The Kier molecular flexibility index (Phi) is 10.4. The smallest absolute Gasteiger partial charge is 0.407 e. The first-order valence-electron chi connectivity index (χ1n) is 9.86. The van der Waals surface area contributed by atoms with E-state index in [1.807, 2.05) is 52.9 Å². The molecular weight excluding hydrogens is 545 g/mol. The summed E-state index contributed by atoms with van der Waals surface area (Å²) < 4.78 is 16.0. The Balaban J connectivity index is 2.11. The van der Waals surface area contributed by atoms with Crippen molar-refractivity contribution < 1.29 is 33.7 Å². The molecule has 2 aromatic carbocycles. The average Bonchev–Trinajstić information content (AvgIpc) is 2.78. The maximum absolute atomic E-state index is 12.7. The third-order valence-corrected chi connectivity index (χ3v) is 4.95. The molecule has 176 valence electrons. The SMILES string of the molecule is CCOC(=O)N[C@@H](Cc1ccccc1)C(=O)N/N=C\c1cc(I)c(OCC(=O)O)c(OC)c1. The van der Waals surface area contributed by atoms with Crippen LogP contribution in [0.4, 0.5) is 4.79 Å². The standard InChI is InChI=1S/C22H24IN3O7/c1-3-32-22(30)25-17(10-14-7-5-4-6-8-14)21(29)26-24-12-15-9-16(23)20(18(11-15)31-2)33-13-19(27)28/h4-9,11-12,17H,3,10,13H2,1-2H3,(H,25,30)(H,26,29)(H,27,28)/b24-12-/t17-/m0/s1. The number of benzene rings is 2. The average molecular weight is 569 g/mol. The number of aliphatic carboxylic acids is 1. The second-order valence-corrected chi connectivity index (χ2v) is 7.72. The largest absolute Gasteiger partial charge is 0.493 e. The number of carboxylic acids is 1. The number of carboxylic acid groups (broad SMARTS) is 1. The summed E-state index contributed by atoms with van der Waals surface area (Å²) >= 11 is 1.98. The summed E-state index contributed by atoms with van der Waals surface area (Å²) in [5, 5.41) is 15.3. The number of carbonyl (C=O) groups is 3. The van der Waals surface area contributed by atoms with Gasteiger partial charge in [0.1, 0.15) is 6.04 Å². The fraction of sp³-hybridized carbons (Fsp3) is 0.273. The van der Waals surface area contributed by atoms with Gasteiger partial charge < -0.3 is 24.6 Å². The summed E-state index contributed by atoms with van der Waals surface area (Å²) in [7, 11) is 1.43. The molecule has 0 radical (unpaired) electrons. The van der Waals surface area contributed by atoms with Crippen LogP contribution >= 0.6 is 22.6 Å². The molecule has 0 aromatic heterocycles. The summed E-state index contributed by atoms with van der Waals surface area (Å²) in [6.07, 6.45) is 0.948. The Labute approximate surface area is 204 Å². The van der Waals surface area contributed by atoms with Gasteiger partial charge in [-0.1, -0.05) is 30.3 Å². The first-order chi connectivity index (χ1) is 15.8. The first-order valence-corrected chi connectivity index (χ1v) is 10.9. The van der Waals surface area contributed by atoms with Crippen LogP contribution in [-0.2, 0) is 20.7 Å². The van der Waals surface area contributed by atoms with Crippen molar-refractivity contribution in [2.75, 3.05) is 20.3 Å². The van der Waals surface area contributed by atoms with Gasteiger partial charge in [0.2, 0.25) is 0 Å². The van der Waals surface area contributed by atoms with Crippen LogP contribution in [0.1, 0.15) is 18.1 Å². The van der Waals surface area contributed by atoms with Crippen LogP contribution in [0.15, 0.2) is 47.6 Å². The number of nitrogens with zero attached hydrogens (tertiary/aromatic N) is 1. The fourth-order valence-corrected chi connectivity index (χ4v) is 3.49. The number of methoxy groups -OCH3 is 1. The molecule has 2 rings (SSSR count). The first kappa shape index (κ1) is 25.9. The number of hydrazone groups is 1. The predicted molar refractivity (Wildman–Crippen MR) is 129 cm³/mol. The molecule has 11 heteroatoms. The molecule has 0 aliphatic rings. The minimum Gasteiger partial charge on any atom is -0.493 e. The maximum Gasteiger partial charge on any atom is 0.407 e. The van der Waals surface area contributed by atoms with E-state index in [4.69, 9.17) is 19.3 Å². The summed E-state index contributed by atoms with van der Waals surface area (Å²) in [6, 6.07) is 11.6. The Morgan fingerprint density at radius 2 is 1.94 bits per heavy atom. The van der Waals surface area contributed by atoms with Gasteiger partial charge in [0, 0.05) is 6.42 Å². The zero-order chi connectivity index (χ0) is 24.2. The molecule has 0 saturated heterocycles. The van der Waals surface area contributed by atoms with E-state index in [0.29, 0.717) is 20.6 Å². The quantitative estimate of drug-likeness (QED) is 0.215. The zero-order valence-corrected chi connectivity index (χ0v) is 20.2. The van der Waals surface area contributed by atoms with Crippen molar-refractivity contribution in [3.05, 3.63) is 57.2 Å². The number of alkyl carbamates (subject to hydrolysis) is 1. The highest BCUT2D eigenvalue weighted by atomic mass is 127. The van der Waals surface area contributed by atoms with Crippen molar-refractivity contribution in [1.82, 2.24) is 10.7 Å². The molecular formula is C22H24IN3O7. The number of ether oxygens (including phenoxy) is 3. The van der Waals surface area contributed by atoms with Gasteiger partial charge in [0.25, 0.3) is 5.91 Å². The molecule has 3 N–H and O–H groups in total. The van der Waals surface area contributed by atoms with Crippen molar-refractivity contribution in [3.63, 3.8) is 0 Å². The normalized spacial score (nSPS) is 11.5. The molecule has 0 aliphatic carbocycles. The second-order valence-electron chi connectivity index (χ2n) is 6.56. The Bertz CT molecular complexity index is 999. The number of carbonyl (C=O) groups excluding carboxylic acids is 2. The third-order valence-electron chi connectivity index (χ3n) is 4.15. The van der Waals surface area contributed by atoms with Gasteiger partial charge in [-0.25, -0.2) is 15.0 Å². The summed E-state index contributed by atoms with van der Waals surface area (Å²) in [4.78, 5) is 35.3. The molecule has 0 spiro atoms. The minimum absolute atomic E-state index is 0.177.